The summed E-state index contributed by atoms with van der Waals surface area (Å²) in [5.41, 5.74) is 2.56. The van der Waals surface area contributed by atoms with Gasteiger partial charge in [-0.3, -0.25) is 4.79 Å². The van der Waals surface area contributed by atoms with Gasteiger partial charge in [-0.1, -0.05) is 24.3 Å². The van der Waals surface area contributed by atoms with Crippen molar-refractivity contribution in [2.45, 2.75) is 38.1 Å². The van der Waals surface area contributed by atoms with Crippen molar-refractivity contribution < 1.29 is 13.2 Å². The molecule has 1 heterocycles. The quantitative estimate of drug-likeness (QED) is 0.883. The molecule has 6 nitrogen and oxygen atoms in total. The Morgan fingerprint density at radius 1 is 1.16 bits per heavy atom. The number of nitrogens with one attached hydrogen (secondary N) is 1. The van der Waals surface area contributed by atoms with E-state index in [1.807, 2.05) is 12.1 Å². The number of carbonyl (C=O) groups is 1. The first-order valence-corrected chi connectivity index (χ1v) is 10.3. The van der Waals surface area contributed by atoms with E-state index in [2.05, 4.69) is 17.4 Å². The van der Waals surface area contributed by atoms with E-state index in [4.69, 9.17) is 0 Å². The average molecular weight is 365 g/mol. The minimum Gasteiger partial charge on any atom is -0.349 e. The van der Waals surface area contributed by atoms with Gasteiger partial charge in [0.05, 0.1) is 6.04 Å². The summed E-state index contributed by atoms with van der Waals surface area (Å²) in [6.45, 7) is 0.805. The van der Waals surface area contributed by atoms with E-state index >= 15 is 0 Å². The summed E-state index contributed by atoms with van der Waals surface area (Å²) in [4.78, 5) is 12.7. The van der Waals surface area contributed by atoms with Crippen LogP contribution in [-0.4, -0.2) is 50.1 Å². The molecule has 1 aliphatic carbocycles. The minimum absolute atomic E-state index is 0.0589. The first kappa shape index (κ1) is 18.4. The van der Waals surface area contributed by atoms with Crippen molar-refractivity contribution in [3.8, 4) is 0 Å². The van der Waals surface area contributed by atoms with Crippen LogP contribution in [0.5, 0.6) is 0 Å². The van der Waals surface area contributed by atoms with Crippen molar-refractivity contribution in [3.05, 3.63) is 35.4 Å². The van der Waals surface area contributed by atoms with Crippen molar-refractivity contribution in [2.75, 3.05) is 27.2 Å². The van der Waals surface area contributed by atoms with Crippen LogP contribution >= 0.6 is 0 Å². The highest BCUT2D eigenvalue weighted by molar-refractivity contribution is 7.86. The van der Waals surface area contributed by atoms with Gasteiger partial charge in [0.25, 0.3) is 10.2 Å². The van der Waals surface area contributed by atoms with Gasteiger partial charge < -0.3 is 5.32 Å². The highest BCUT2D eigenvalue weighted by atomic mass is 32.2. The van der Waals surface area contributed by atoms with Gasteiger partial charge in [0, 0.05) is 33.1 Å². The van der Waals surface area contributed by atoms with Crippen LogP contribution in [-0.2, 0) is 21.4 Å². The molecule has 3 rings (SSSR count). The molecule has 7 heteroatoms. The predicted molar refractivity (Wildman–Crippen MR) is 97.2 cm³/mol. The Hall–Kier alpha value is -1.44. The SMILES string of the molecule is CN(C)S(=O)(=O)N1CCC(C(=O)N[C@@H]2CCCc3ccccc32)CC1. The van der Waals surface area contributed by atoms with E-state index < -0.39 is 10.2 Å². The molecule has 0 spiro atoms. The lowest BCUT2D eigenvalue weighted by Gasteiger charge is -2.33. The molecule has 25 heavy (non-hydrogen) atoms. The number of carbonyl (C=O) groups excluding carboxylic acids is 1. The third-order valence-electron chi connectivity index (χ3n) is 5.30. The first-order valence-electron chi connectivity index (χ1n) is 8.95. The molecular formula is C18H27N3O3S. The minimum atomic E-state index is -3.38. The first-order chi connectivity index (χ1) is 11.9. The largest absolute Gasteiger partial charge is 0.349 e. The van der Waals surface area contributed by atoms with Gasteiger partial charge in [0.1, 0.15) is 0 Å². The van der Waals surface area contributed by atoms with E-state index in [9.17, 15) is 13.2 Å². The third kappa shape index (κ3) is 3.88. The van der Waals surface area contributed by atoms with Crippen LogP contribution in [0.3, 0.4) is 0 Å². The average Bonchev–Trinajstić information content (AvgIpc) is 2.62. The lowest BCUT2D eigenvalue weighted by molar-refractivity contribution is -0.127. The summed E-state index contributed by atoms with van der Waals surface area (Å²) in [5.74, 6) is -0.0497. The zero-order valence-electron chi connectivity index (χ0n) is 14.9. The van der Waals surface area contributed by atoms with Crippen molar-refractivity contribution in [1.82, 2.24) is 13.9 Å². The summed E-state index contributed by atoms with van der Waals surface area (Å²) in [5, 5.41) is 3.20. The Morgan fingerprint density at radius 2 is 1.84 bits per heavy atom. The number of aryl methyl sites for hydroxylation is 1. The zero-order valence-corrected chi connectivity index (χ0v) is 15.8. The van der Waals surface area contributed by atoms with Crippen molar-refractivity contribution in [1.29, 1.82) is 0 Å². The molecule has 1 saturated heterocycles. The van der Waals surface area contributed by atoms with Crippen LogP contribution in [0.25, 0.3) is 0 Å². The van der Waals surface area contributed by atoms with Crippen LogP contribution in [0, 0.1) is 5.92 Å². The summed E-state index contributed by atoms with van der Waals surface area (Å²) >= 11 is 0. The molecule has 0 bridgehead atoms. The monoisotopic (exact) mass is 365 g/mol. The number of hydrogen-bond acceptors (Lipinski definition) is 3. The molecule has 0 saturated carbocycles. The second-order valence-corrected chi connectivity index (χ2v) is 9.26. The normalized spacial score (nSPS) is 22.6. The van der Waals surface area contributed by atoms with Crippen LogP contribution in [0.15, 0.2) is 24.3 Å². The highest BCUT2D eigenvalue weighted by Gasteiger charge is 2.33. The Balaban J connectivity index is 1.59. The number of rotatable bonds is 4. The second-order valence-electron chi connectivity index (χ2n) is 7.12. The summed E-state index contributed by atoms with van der Waals surface area (Å²) < 4.78 is 27.0. The molecule has 1 atom stereocenters. The molecule has 0 unspecified atom stereocenters. The predicted octanol–water partition coefficient (Wildman–Crippen LogP) is 1.70. The lowest BCUT2D eigenvalue weighted by Crippen LogP contribution is -2.47. The summed E-state index contributed by atoms with van der Waals surface area (Å²) in [6, 6.07) is 8.39. The fraction of sp³-hybridized carbons (Fsp3) is 0.611. The Labute approximate surface area is 150 Å². The molecule has 1 aromatic carbocycles. The third-order valence-corrected chi connectivity index (χ3v) is 7.24. The lowest BCUT2D eigenvalue weighted by atomic mass is 9.87. The Morgan fingerprint density at radius 3 is 2.52 bits per heavy atom. The molecule has 1 aromatic rings. The van der Waals surface area contributed by atoms with Gasteiger partial charge in [-0.15, -0.1) is 0 Å². The molecular weight excluding hydrogens is 338 g/mol. The maximum atomic E-state index is 12.7. The van der Waals surface area contributed by atoms with Crippen molar-refractivity contribution >= 4 is 16.1 Å². The van der Waals surface area contributed by atoms with E-state index in [0.29, 0.717) is 25.9 Å². The van der Waals surface area contributed by atoms with Crippen LogP contribution in [0.4, 0.5) is 0 Å². The van der Waals surface area contributed by atoms with Crippen LogP contribution in [0.2, 0.25) is 0 Å². The van der Waals surface area contributed by atoms with Crippen molar-refractivity contribution in [2.24, 2.45) is 5.92 Å². The molecule has 0 radical (unpaired) electrons. The molecule has 0 aromatic heterocycles. The maximum absolute atomic E-state index is 12.7. The van der Waals surface area contributed by atoms with Gasteiger partial charge in [0.15, 0.2) is 0 Å². The Bertz CT molecular complexity index is 725. The molecule has 1 fully saturated rings. The molecule has 1 amide bonds. The topological polar surface area (TPSA) is 69.7 Å². The van der Waals surface area contributed by atoms with Gasteiger partial charge in [-0.25, -0.2) is 0 Å². The summed E-state index contributed by atoms with van der Waals surface area (Å²) in [6.07, 6.45) is 4.28. The highest BCUT2D eigenvalue weighted by Crippen LogP contribution is 2.30. The standard InChI is InChI=1S/C18H27N3O3S/c1-20(2)25(23,24)21-12-10-15(11-13-21)18(22)19-17-9-5-7-14-6-3-4-8-16(14)17/h3-4,6,8,15,17H,5,7,9-13H2,1-2H3,(H,19,22)/t17-/m1/s1. The van der Waals surface area contributed by atoms with Gasteiger partial charge in [0.2, 0.25) is 5.91 Å². The Kier molecular flexibility index (Phi) is 5.46. The van der Waals surface area contributed by atoms with Gasteiger partial charge in [-0.2, -0.15) is 17.0 Å². The van der Waals surface area contributed by atoms with E-state index in [1.54, 1.807) is 0 Å². The number of nitrogens with zero attached hydrogens (tertiary/aromatic N) is 2. The van der Waals surface area contributed by atoms with Crippen LogP contribution < -0.4 is 5.32 Å². The number of amides is 1. The number of fused-ring (bicyclic) bond motifs is 1. The number of benzene rings is 1. The summed E-state index contributed by atoms with van der Waals surface area (Å²) in [7, 11) is -0.309. The second kappa shape index (κ2) is 7.43. The van der Waals surface area contributed by atoms with Crippen LogP contribution in [0.1, 0.15) is 42.9 Å². The molecule has 2 aliphatic rings. The van der Waals surface area contributed by atoms with Crippen molar-refractivity contribution in [3.63, 3.8) is 0 Å². The smallest absolute Gasteiger partial charge is 0.281 e. The molecule has 1 N–H and O–H groups in total. The van der Waals surface area contributed by atoms with E-state index in [1.165, 1.54) is 33.8 Å². The molecule has 1 aliphatic heterocycles. The zero-order chi connectivity index (χ0) is 18.0. The van der Waals surface area contributed by atoms with E-state index in [-0.39, 0.29) is 17.9 Å². The van der Waals surface area contributed by atoms with Gasteiger partial charge in [-0.05, 0) is 43.2 Å². The number of piperidine rings is 1. The maximum Gasteiger partial charge on any atom is 0.281 e. The fourth-order valence-corrected chi connectivity index (χ4v) is 4.91. The number of hydrogen-bond donors (Lipinski definition) is 1. The fourth-order valence-electron chi connectivity index (χ4n) is 3.77. The van der Waals surface area contributed by atoms with E-state index in [0.717, 1.165) is 19.3 Å². The molecule has 138 valence electrons. The van der Waals surface area contributed by atoms with Gasteiger partial charge >= 0.3 is 0 Å².